The maximum atomic E-state index is 13.3. The fraction of sp³-hybridized carbons (Fsp3) is 0.756. The van der Waals surface area contributed by atoms with Crippen molar-refractivity contribution in [3.63, 3.8) is 0 Å². The molecule has 0 spiro atoms. The summed E-state index contributed by atoms with van der Waals surface area (Å²) in [5.74, 6) is -7.14. The van der Waals surface area contributed by atoms with Crippen molar-refractivity contribution >= 4 is 23.9 Å². The molecule has 16 heteroatoms. The van der Waals surface area contributed by atoms with Gasteiger partial charge in [0.25, 0.3) is 0 Å². The van der Waals surface area contributed by atoms with Gasteiger partial charge in [-0.3, -0.25) is 9.59 Å². The highest BCUT2D eigenvalue weighted by molar-refractivity contribution is 5.83. The molecule has 0 aromatic rings. The van der Waals surface area contributed by atoms with E-state index in [9.17, 15) is 44.7 Å². The lowest BCUT2D eigenvalue weighted by atomic mass is 9.70. The summed E-state index contributed by atoms with van der Waals surface area (Å²) in [4.78, 5) is 51.0. The summed E-state index contributed by atoms with van der Waals surface area (Å²) >= 11 is 0. The lowest BCUT2D eigenvalue weighted by Crippen LogP contribution is -2.62. The SMILES string of the molecule is CCCC(=O)O[C@H]1C[C@H]2C[C@@H](O)CC(=O)O[C@@H]([C@@H](C)O)C[C@@H]3C/C(=C\C(=O)OC)[C@H](O)[C@@](O)(O3)C(C)(C)/C=C\[C@H]3C/C(=C\C(=O)OC)C[C@@H](C[C@](O)(O2)C1(C)C)O3. The van der Waals surface area contributed by atoms with Gasteiger partial charge < -0.3 is 58.7 Å². The lowest BCUT2D eigenvalue weighted by molar-refractivity contribution is -0.348. The summed E-state index contributed by atoms with van der Waals surface area (Å²) in [7, 11) is 2.41. The first-order valence-electron chi connectivity index (χ1n) is 19.7. The minimum absolute atomic E-state index is 0.0775. The van der Waals surface area contributed by atoms with Gasteiger partial charge >= 0.3 is 23.9 Å². The maximum absolute atomic E-state index is 13.3. The van der Waals surface area contributed by atoms with Crippen LogP contribution < -0.4 is 0 Å². The van der Waals surface area contributed by atoms with Crippen LogP contribution in [0.5, 0.6) is 0 Å². The quantitative estimate of drug-likeness (QED) is 0.112. The number of methoxy groups -OCH3 is 2. The second-order valence-corrected chi connectivity index (χ2v) is 16.9. The number of hydrogen-bond acceptors (Lipinski definition) is 16. The van der Waals surface area contributed by atoms with E-state index in [0.717, 1.165) is 13.2 Å². The molecule has 4 aliphatic heterocycles. The van der Waals surface area contributed by atoms with E-state index < -0.39 is 108 Å². The molecule has 16 nitrogen and oxygen atoms in total. The van der Waals surface area contributed by atoms with Gasteiger partial charge in [0.1, 0.15) is 18.3 Å². The van der Waals surface area contributed by atoms with Gasteiger partial charge in [-0.05, 0) is 38.2 Å². The summed E-state index contributed by atoms with van der Waals surface area (Å²) in [6, 6.07) is 0. The Hall–Kier alpha value is -3.22. The third-order valence-electron chi connectivity index (χ3n) is 11.7. The number of aliphatic hydroxyl groups excluding tert-OH is 3. The summed E-state index contributed by atoms with van der Waals surface area (Å²) < 4.78 is 40.4. The number of esters is 4. The average Bonchev–Trinajstić information content (AvgIpc) is 3.10. The van der Waals surface area contributed by atoms with Gasteiger partial charge in [-0.2, -0.15) is 0 Å². The van der Waals surface area contributed by atoms with Crippen molar-refractivity contribution in [2.75, 3.05) is 14.2 Å². The lowest BCUT2D eigenvalue weighted by Gasteiger charge is -2.53. The van der Waals surface area contributed by atoms with E-state index in [1.807, 2.05) is 6.92 Å². The maximum Gasteiger partial charge on any atom is 0.330 e. The molecule has 6 bridgehead atoms. The molecular weight excluding hydrogens is 748 g/mol. The van der Waals surface area contributed by atoms with E-state index in [-0.39, 0.29) is 56.9 Å². The Morgan fingerprint density at radius 2 is 1.58 bits per heavy atom. The number of cyclic esters (lactones) is 1. The number of carbonyl (C=O) groups is 4. The number of carbonyl (C=O) groups excluding carboxylic acids is 4. The van der Waals surface area contributed by atoms with Gasteiger partial charge in [0.15, 0.2) is 5.79 Å². The Labute approximate surface area is 334 Å². The van der Waals surface area contributed by atoms with E-state index in [2.05, 4.69) is 0 Å². The third-order valence-corrected chi connectivity index (χ3v) is 11.7. The van der Waals surface area contributed by atoms with Crippen molar-refractivity contribution in [1.29, 1.82) is 0 Å². The van der Waals surface area contributed by atoms with Crippen LogP contribution in [-0.2, 0) is 52.3 Å². The van der Waals surface area contributed by atoms with Gasteiger partial charge in [0.2, 0.25) is 5.79 Å². The summed E-state index contributed by atoms with van der Waals surface area (Å²) in [5.41, 5.74) is -1.95. The monoisotopic (exact) mass is 810 g/mol. The van der Waals surface area contributed by atoms with Crippen LogP contribution in [0.1, 0.15) is 106 Å². The normalized spacial score (nSPS) is 38.6. The molecule has 4 heterocycles. The highest BCUT2D eigenvalue weighted by Crippen LogP contribution is 2.50. The summed E-state index contributed by atoms with van der Waals surface area (Å²) in [5, 5.41) is 58.2. The van der Waals surface area contributed by atoms with Crippen LogP contribution in [0.15, 0.2) is 35.5 Å². The molecule has 4 aliphatic rings. The average molecular weight is 811 g/mol. The predicted octanol–water partition coefficient (Wildman–Crippen LogP) is 2.60. The second-order valence-electron chi connectivity index (χ2n) is 16.9. The van der Waals surface area contributed by atoms with Crippen molar-refractivity contribution in [2.24, 2.45) is 10.8 Å². The van der Waals surface area contributed by atoms with Crippen molar-refractivity contribution in [3.05, 3.63) is 35.5 Å². The zero-order valence-corrected chi connectivity index (χ0v) is 34.3. The van der Waals surface area contributed by atoms with Gasteiger partial charge in [0, 0.05) is 49.7 Å². The van der Waals surface area contributed by atoms with Crippen molar-refractivity contribution in [1.82, 2.24) is 0 Å². The fourth-order valence-electron chi connectivity index (χ4n) is 8.03. The molecule has 0 amide bonds. The van der Waals surface area contributed by atoms with Crippen LogP contribution >= 0.6 is 0 Å². The van der Waals surface area contributed by atoms with Gasteiger partial charge in [-0.25, -0.2) is 9.59 Å². The molecule has 322 valence electrons. The van der Waals surface area contributed by atoms with Gasteiger partial charge in [-0.15, -0.1) is 0 Å². The topological polar surface area (TPSA) is 234 Å². The number of ether oxygens (including phenoxy) is 7. The third kappa shape index (κ3) is 11.1. The summed E-state index contributed by atoms with van der Waals surface area (Å²) in [6.07, 6.45) is -4.17. The molecule has 0 saturated carbocycles. The Morgan fingerprint density at radius 1 is 0.912 bits per heavy atom. The van der Waals surface area contributed by atoms with E-state index in [4.69, 9.17) is 33.2 Å². The Balaban J connectivity index is 1.83. The van der Waals surface area contributed by atoms with E-state index >= 15 is 0 Å². The summed E-state index contributed by atoms with van der Waals surface area (Å²) in [6.45, 7) is 9.83. The highest BCUT2D eigenvalue weighted by Gasteiger charge is 2.58. The predicted molar refractivity (Wildman–Crippen MR) is 201 cm³/mol. The molecule has 3 fully saturated rings. The standard InChI is InChI=1S/C41H62O16/c1-9-10-33(44)55-32-21-29-18-26(43)19-36(47)54-31(23(2)42)20-28-16-25(17-35(46)52-8)37(48)41(50,57-28)38(3,4)12-11-27-13-24(15-34(45)51-7)14-30(53-27)22-40(49,56-29)39(32,5)6/h11-12,15,17,23,26-32,37,42-43,48-50H,9-10,13-14,16,18-22H2,1-8H3/b12-11-,24-15+,25-17+/t23-,26-,27+,28+,29-,30+,31-,32+,37+,40+,41-/m1/s1. The smallest absolute Gasteiger partial charge is 0.330 e. The molecule has 0 unspecified atom stereocenters. The molecule has 57 heavy (non-hydrogen) atoms. The van der Waals surface area contributed by atoms with Crippen LogP contribution in [0.3, 0.4) is 0 Å². The Kier molecular flexibility index (Phi) is 15.3. The molecule has 5 N–H and O–H groups in total. The minimum Gasteiger partial charge on any atom is -0.466 e. The molecule has 0 aromatic heterocycles. The van der Waals surface area contributed by atoms with Crippen LogP contribution in [0.25, 0.3) is 0 Å². The molecular formula is C41H62O16. The van der Waals surface area contributed by atoms with Crippen LogP contribution in [0, 0.1) is 10.8 Å². The van der Waals surface area contributed by atoms with E-state index in [1.165, 1.54) is 20.1 Å². The zero-order chi connectivity index (χ0) is 42.5. The number of aliphatic hydroxyl groups is 5. The van der Waals surface area contributed by atoms with Crippen molar-refractivity contribution < 1.29 is 77.9 Å². The van der Waals surface area contributed by atoms with Crippen molar-refractivity contribution in [2.45, 2.75) is 172 Å². The first-order chi connectivity index (χ1) is 26.6. The zero-order valence-electron chi connectivity index (χ0n) is 34.3. The highest BCUT2D eigenvalue weighted by atomic mass is 16.7. The number of hydrogen-bond donors (Lipinski definition) is 5. The second kappa shape index (κ2) is 18.8. The van der Waals surface area contributed by atoms with Gasteiger partial charge in [-0.1, -0.05) is 52.3 Å². The molecule has 3 saturated heterocycles. The molecule has 0 aromatic carbocycles. The van der Waals surface area contributed by atoms with Crippen LogP contribution in [0.4, 0.5) is 0 Å². The molecule has 11 atom stereocenters. The molecule has 4 rings (SSSR count). The first-order valence-corrected chi connectivity index (χ1v) is 19.7. The van der Waals surface area contributed by atoms with E-state index in [1.54, 1.807) is 39.8 Å². The van der Waals surface area contributed by atoms with E-state index in [0.29, 0.717) is 12.0 Å². The first kappa shape index (κ1) is 46.5. The minimum atomic E-state index is -2.40. The Bertz CT molecular complexity index is 1550. The van der Waals surface area contributed by atoms with Crippen LogP contribution in [0.2, 0.25) is 0 Å². The molecule has 0 aliphatic carbocycles. The van der Waals surface area contributed by atoms with Crippen LogP contribution in [-0.4, -0.2) is 130 Å². The number of rotatable bonds is 6. The molecule has 0 radical (unpaired) electrons. The number of fused-ring (bicyclic) bond motifs is 6. The fourth-order valence-corrected chi connectivity index (χ4v) is 8.03. The largest absolute Gasteiger partial charge is 0.466 e. The Morgan fingerprint density at radius 3 is 2.21 bits per heavy atom. The van der Waals surface area contributed by atoms with Crippen molar-refractivity contribution in [3.8, 4) is 0 Å². The van der Waals surface area contributed by atoms with Gasteiger partial charge in [0.05, 0.1) is 62.7 Å².